The summed E-state index contributed by atoms with van der Waals surface area (Å²) in [5.41, 5.74) is 1.24. The number of hydrogen-bond donors (Lipinski definition) is 3. The number of rotatable bonds is 2. The van der Waals surface area contributed by atoms with Crippen LogP contribution in [-0.2, 0) is 0 Å². The summed E-state index contributed by atoms with van der Waals surface area (Å²) in [7, 11) is 0. The lowest BCUT2D eigenvalue weighted by molar-refractivity contribution is 0.102. The fourth-order valence-electron chi connectivity index (χ4n) is 1.75. The Morgan fingerprint density at radius 2 is 2.21 bits per heavy atom. The number of carbonyl (C=O) groups is 1. The van der Waals surface area contributed by atoms with Gasteiger partial charge in [0, 0.05) is 17.1 Å². The number of aromatic hydroxyl groups is 1. The van der Waals surface area contributed by atoms with E-state index in [2.05, 4.69) is 20.5 Å². The molecular formula is C13H10N4O2. The number of hydrogen-bond acceptors (Lipinski definition) is 4. The second-order valence-corrected chi connectivity index (χ2v) is 4.00. The number of anilines is 1. The third-order valence-electron chi connectivity index (χ3n) is 2.72. The van der Waals surface area contributed by atoms with Crippen LogP contribution in [0, 0.1) is 0 Å². The van der Waals surface area contributed by atoms with Crippen molar-refractivity contribution in [2.45, 2.75) is 0 Å². The van der Waals surface area contributed by atoms with Gasteiger partial charge in [0.2, 0.25) is 0 Å². The number of fused-ring (bicyclic) bond motifs is 1. The minimum absolute atomic E-state index is 0.0709. The number of carbonyl (C=O) groups excluding carboxylic acids is 1. The van der Waals surface area contributed by atoms with E-state index in [9.17, 15) is 9.90 Å². The van der Waals surface area contributed by atoms with Crippen LogP contribution in [0.3, 0.4) is 0 Å². The first-order valence-corrected chi connectivity index (χ1v) is 5.62. The molecule has 0 atom stereocenters. The summed E-state index contributed by atoms with van der Waals surface area (Å²) in [4.78, 5) is 15.9. The van der Waals surface area contributed by atoms with Crippen molar-refractivity contribution in [3.63, 3.8) is 0 Å². The Morgan fingerprint density at radius 1 is 1.32 bits per heavy atom. The second kappa shape index (κ2) is 4.41. The van der Waals surface area contributed by atoms with Crippen LogP contribution < -0.4 is 5.32 Å². The molecule has 0 bridgehead atoms. The monoisotopic (exact) mass is 254 g/mol. The summed E-state index contributed by atoms with van der Waals surface area (Å²) < 4.78 is 0. The van der Waals surface area contributed by atoms with Gasteiger partial charge in [-0.2, -0.15) is 5.10 Å². The quantitative estimate of drug-likeness (QED) is 0.651. The maximum Gasteiger partial charge on any atom is 0.256 e. The maximum atomic E-state index is 12.0. The van der Waals surface area contributed by atoms with Gasteiger partial charge in [-0.25, -0.2) is 4.98 Å². The van der Waals surface area contributed by atoms with Gasteiger partial charge in [-0.15, -0.1) is 0 Å². The van der Waals surface area contributed by atoms with Crippen LogP contribution in [0.2, 0.25) is 0 Å². The highest BCUT2D eigenvalue weighted by molar-refractivity contribution is 6.06. The number of amides is 1. The van der Waals surface area contributed by atoms with Crippen LogP contribution in [0.5, 0.6) is 5.75 Å². The minimum atomic E-state index is -0.342. The fraction of sp³-hybridized carbons (Fsp3) is 0. The molecule has 0 aliphatic carbocycles. The van der Waals surface area contributed by atoms with Crippen LogP contribution in [0.25, 0.3) is 10.9 Å². The van der Waals surface area contributed by atoms with Gasteiger partial charge in [-0.3, -0.25) is 9.89 Å². The Hall–Kier alpha value is -2.89. The van der Waals surface area contributed by atoms with Crippen molar-refractivity contribution in [3.05, 3.63) is 48.3 Å². The number of aromatic nitrogens is 3. The normalized spacial score (nSPS) is 10.5. The van der Waals surface area contributed by atoms with Crippen LogP contribution >= 0.6 is 0 Å². The smallest absolute Gasteiger partial charge is 0.256 e. The molecule has 0 radical (unpaired) electrons. The molecule has 1 aromatic carbocycles. The van der Waals surface area contributed by atoms with Crippen LogP contribution in [0.1, 0.15) is 10.4 Å². The zero-order valence-electron chi connectivity index (χ0n) is 9.79. The van der Waals surface area contributed by atoms with Crippen LogP contribution in [0.15, 0.2) is 42.7 Å². The van der Waals surface area contributed by atoms with E-state index in [-0.39, 0.29) is 17.5 Å². The van der Waals surface area contributed by atoms with Crippen LogP contribution in [0.4, 0.5) is 5.82 Å². The van der Waals surface area contributed by atoms with Gasteiger partial charge >= 0.3 is 0 Å². The van der Waals surface area contributed by atoms with Crippen molar-refractivity contribution in [2.24, 2.45) is 0 Å². The van der Waals surface area contributed by atoms with Crippen molar-refractivity contribution < 1.29 is 9.90 Å². The lowest BCUT2D eigenvalue weighted by atomic mass is 10.1. The Labute approximate surface area is 108 Å². The highest BCUT2D eigenvalue weighted by Gasteiger charge is 2.10. The van der Waals surface area contributed by atoms with E-state index in [0.717, 1.165) is 10.9 Å². The van der Waals surface area contributed by atoms with E-state index in [0.29, 0.717) is 5.56 Å². The Morgan fingerprint density at radius 3 is 3.05 bits per heavy atom. The van der Waals surface area contributed by atoms with Gasteiger partial charge in [0.1, 0.15) is 0 Å². The summed E-state index contributed by atoms with van der Waals surface area (Å²) in [5, 5.41) is 19.7. The van der Waals surface area contributed by atoms with Gasteiger partial charge in [0.25, 0.3) is 5.91 Å². The van der Waals surface area contributed by atoms with Gasteiger partial charge in [-0.05, 0) is 24.3 Å². The number of nitrogens with zero attached hydrogens (tertiary/aromatic N) is 2. The average Bonchev–Trinajstić information content (AvgIpc) is 2.88. The average molecular weight is 254 g/mol. The van der Waals surface area contributed by atoms with Gasteiger partial charge < -0.3 is 10.4 Å². The summed E-state index contributed by atoms with van der Waals surface area (Å²) in [6.07, 6.45) is 3.18. The molecule has 3 N–H and O–H groups in total. The summed E-state index contributed by atoms with van der Waals surface area (Å²) in [5.74, 6) is -0.277. The number of aromatic amines is 1. The first kappa shape index (κ1) is 11.2. The second-order valence-electron chi connectivity index (χ2n) is 4.00. The molecule has 0 fully saturated rings. The Kier molecular flexibility index (Phi) is 2.60. The third-order valence-corrected chi connectivity index (χ3v) is 2.72. The lowest BCUT2D eigenvalue weighted by Gasteiger charge is -2.05. The lowest BCUT2D eigenvalue weighted by Crippen LogP contribution is -2.12. The Bertz CT molecular complexity index is 751. The topological polar surface area (TPSA) is 90.9 Å². The van der Waals surface area contributed by atoms with Crippen molar-refractivity contribution in [3.8, 4) is 5.75 Å². The SMILES string of the molecule is O=C(Nc1ncccc1O)c1ccc2cn[nH]c2c1. The van der Waals surface area contributed by atoms with Crippen molar-refractivity contribution in [2.75, 3.05) is 5.32 Å². The molecule has 0 unspecified atom stereocenters. The molecule has 94 valence electrons. The van der Waals surface area contributed by atoms with E-state index in [4.69, 9.17) is 0 Å². The minimum Gasteiger partial charge on any atom is -0.504 e. The predicted octanol–water partition coefficient (Wildman–Crippen LogP) is 1.92. The number of pyridine rings is 1. The van der Waals surface area contributed by atoms with E-state index in [1.807, 2.05) is 0 Å². The summed E-state index contributed by atoms with van der Waals surface area (Å²) in [6.45, 7) is 0. The zero-order chi connectivity index (χ0) is 13.2. The molecule has 3 rings (SSSR count). The molecule has 2 heterocycles. The number of nitrogens with one attached hydrogen (secondary N) is 2. The van der Waals surface area contributed by atoms with Gasteiger partial charge in [-0.1, -0.05) is 6.07 Å². The van der Waals surface area contributed by atoms with Crippen molar-refractivity contribution in [1.29, 1.82) is 0 Å². The summed E-state index contributed by atoms with van der Waals surface area (Å²) in [6, 6.07) is 8.22. The van der Waals surface area contributed by atoms with E-state index >= 15 is 0 Å². The standard InChI is InChI=1S/C13H10N4O2/c18-11-2-1-5-14-12(11)16-13(19)8-3-4-9-7-15-17-10(9)6-8/h1-7,18H,(H,15,17)(H,14,16,19). The fourth-order valence-corrected chi connectivity index (χ4v) is 1.75. The highest BCUT2D eigenvalue weighted by atomic mass is 16.3. The summed E-state index contributed by atoms with van der Waals surface area (Å²) >= 11 is 0. The number of H-pyrrole nitrogens is 1. The largest absolute Gasteiger partial charge is 0.504 e. The molecular weight excluding hydrogens is 244 g/mol. The van der Waals surface area contributed by atoms with Gasteiger partial charge in [0.15, 0.2) is 11.6 Å². The molecule has 0 aliphatic rings. The predicted molar refractivity (Wildman–Crippen MR) is 69.9 cm³/mol. The first-order chi connectivity index (χ1) is 9.24. The molecule has 0 spiro atoms. The molecule has 19 heavy (non-hydrogen) atoms. The molecule has 2 aromatic heterocycles. The highest BCUT2D eigenvalue weighted by Crippen LogP contribution is 2.20. The van der Waals surface area contributed by atoms with E-state index in [1.54, 1.807) is 30.5 Å². The maximum absolute atomic E-state index is 12.0. The molecule has 6 heteroatoms. The van der Waals surface area contributed by atoms with Gasteiger partial charge in [0.05, 0.1) is 11.7 Å². The molecule has 0 saturated carbocycles. The molecule has 6 nitrogen and oxygen atoms in total. The van der Waals surface area contributed by atoms with E-state index < -0.39 is 0 Å². The molecule has 0 saturated heterocycles. The molecule has 0 aliphatic heterocycles. The first-order valence-electron chi connectivity index (χ1n) is 5.62. The molecule has 3 aromatic rings. The van der Waals surface area contributed by atoms with Crippen molar-refractivity contribution >= 4 is 22.6 Å². The van der Waals surface area contributed by atoms with Crippen LogP contribution in [-0.4, -0.2) is 26.2 Å². The van der Waals surface area contributed by atoms with Crippen molar-refractivity contribution in [1.82, 2.24) is 15.2 Å². The Balaban J connectivity index is 1.89. The van der Waals surface area contributed by atoms with E-state index in [1.165, 1.54) is 12.3 Å². The third kappa shape index (κ3) is 2.11. The zero-order valence-corrected chi connectivity index (χ0v) is 9.79. The molecule has 1 amide bonds. The number of benzene rings is 1.